The summed E-state index contributed by atoms with van der Waals surface area (Å²) in [6.45, 7) is 9.93. The van der Waals surface area contributed by atoms with Crippen LogP contribution in [0.4, 0.5) is 0 Å². The number of amides is 1. The van der Waals surface area contributed by atoms with Gasteiger partial charge in [-0.25, -0.2) is 4.98 Å². The lowest BCUT2D eigenvalue weighted by Gasteiger charge is -2.20. The average Bonchev–Trinajstić information content (AvgIpc) is 2.65. The van der Waals surface area contributed by atoms with Crippen LogP contribution in [0.3, 0.4) is 0 Å². The number of hydrogen-bond acceptors (Lipinski definition) is 2. The lowest BCUT2D eigenvalue weighted by Crippen LogP contribution is -2.41. The van der Waals surface area contributed by atoms with Crippen LogP contribution in [-0.2, 0) is 6.42 Å². The Labute approximate surface area is 127 Å². The molecule has 0 saturated carbocycles. The van der Waals surface area contributed by atoms with Crippen molar-refractivity contribution in [2.24, 2.45) is 0 Å². The number of carbonyl (C=O) groups is 1. The molecule has 2 rings (SSSR count). The Bertz CT molecular complexity index is 668. The van der Waals surface area contributed by atoms with Crippen molar-refractivity contribution < 1.29 is 4.79 Å². The van der Waals surface area contributed by atoms with Crippen LogP contribution in [0.5, 0.6) is 0 Å². The number of nitrogens with zero attached hydrogens (tertiary/aromatic N) is 2. The molecule has 0 spiro atoms. The fraction of sp³-hybridized carbons (Fsp3) is 0.467. The monoisotopic (exact) mass is 337 g/mol. The van der Waals surface area contributed by atoms with Crippen molar-refractivity contribution in [2.45, 2.75) is 46.6 Å². The van der Waals surface area contributed by atoms with Crippen molar-refractivity contribution >= 4 is 27.5 Å². The molecule has 0 aliphatic rings. The Hall–Kier alpha value is -1.36. The summed E-state index contributed by atoms with van der Waals surface area (Å²) in [7, 11) is 0. The normalized spacial score (nSPS) is 11.9. The van der Waals surface area contributed by atoms with Gasteiger partial charge in [-0.15, -0.1) is 0 Å². The first-order chi connectivity index (χ1) is 9.23. The molecule has 108 valence electrons. The van der Waals surface area contributed by atoms with Crippen LogP contribution in [0.1, 0.15) is 49.4 Å². The number of halogens is 1. The van der Waals surface area contributed by atoms with E-state index in [0.717, 1.165) is 27.8 Å². The van der Waals surface area contributed by atoms with Crippen molar-refractivity contribution in [1.29, 1.82) is 0 Å². The van der Waals surface area contributed by atoms with Gasteiger partial charge in [0.2, 0.25) is 0 Å². The minimum Gasteiger partial charge on any atom is -0.346 e. The highest BCUT2D eigenvalue weighted by Crippen LogP contribution is 2.21. The van der Waals surface area contributed by atoms with Crippen molar-refractivity contribution in [3.05, 3.63) is 33.7 Å². The Kier molecular flexibility index (Phi) is 3.91. The van der Waals surface area contributed by atoms with E-state index in [1.807, 2.05) is 51.3 Å². The molecule has 0 unspecified atom stereocenters. The van der Waals surface area contributed by atoms with Gasteiger partial charge in [-0.3, -0.25) is 9.20 Å². The zero-order chi connectivity index (χ0) is 15.1. The van der Waals surface area contributed by atoms with Crippen LogP contribution in [0, 0.1) is 6.92 Å². The predicted octanol–water partition coefficient (Wildman–Crippen LogP) is 3.50. The van der Waals surface area contributed by atoms with E-state index in [1.165, 1.54) is 0 Å². The van der Waals surface area contributed by atoms with Gasteiger partial charge in [-0.1, -0.05) is 6.92 Å². The number of aryl methyl sites for hydroxylation is 2. The molecule has 1 N–H and O–H groups in total. The third kappa shape index (κ3) is 2.87. The minimum atomic E-state index is -0.271. The predicted molar refractivity (Wildman–Crippen MR) is 84.2 cm³/mol. The van der Waals surface area contributed by atoms with Gasteiger partial charge in [0, 0.05) is 16.2 Å². The lowest BCUT2D eigenvalue weighted by atomic mass is 10.1. The largest absolute Gasteiger partial charge is 0.346 e. The molecule has 1 amide bonds. The lowest BCUT2D eigenvalue weighted by molar-refractivity contribution is 0.0912. The van der Waals surface area contributed by atoms with Gasteiger partial charge in [0.15, 0.2) is 0 Å². The van der Waals surface area contributed by atoms with Crippen molar-refractivity contribution in [1.82, 2.24) is 14.7 Å². The van der Waals surface area contributed by atoms with Gasteiger partial charge >= 0.3 is 0 Å². The van der Waals surface area contributed by atoms with E-state index in [-0.39, 0.29) is 11.4 Å². The van der Waals surface area contributed by atoms with E-state index in [0.29, 0.717) is 5.69 Å². The van der Waals surface area contributed by atoms with Crippen molar-refractivity contribution in [2.75, 3.05) is 0 Å². The summed E-state index contributed by atoms with van der Waals surface area (Å²) in [5.41, 5.74) is 3.07. The summed E-state index contributed by atoms with van der Waals surface area (Å²) in [5, 5.41) is 3.01. The highest BCUT2D eigenvalue weighted by Gasteiger charge is 2.23. The molecule has 20 heavy (non-hydrogen) atoms. The Morgan fingerprint density at radius 3 is 2.65 bits per heavy atom. The molecule has 0 fully saturated rings. The van der Waals surface area contributed by atoms with Crippen molar-refractivity contribution in [3.8, 4) is 0 Å². The molecular weight excluding hydrogens is 318 g/mol. The van der Waals surface area contributed by atoms with Crippen LogP contribution in [0.25, 0.3) is 5.65 Å². The molecule has 2 aromatic rings. The van der Waals surface area contributed by atoms with Gasteiger partial charge in [0.25, 0.3) is 5.91 Å². The number of carbonyl (C=O) groups excluding carboxylic acids is 1. The van der Waals surface area contributed by atoms with Gasteiger partial charge in [0.05, 0.1) is 5.69 Å². The fourth-order valence-electron chi connectivity index (χ4n) is 2.20. The molecule has 0 radical (unpaired) electrons. The Morgan fingerprint density at radius 1 is 1.45 bits per heavy atom. The van der Waals surface area contributed by atoms with Gasteiger partial charge < -0.3 is 5.32 Å². The number of pyridine rings is 1. The zero-order valence-electron chi connectivity index (χ0n) is 12.5. The van der Waals surface area contributed by atoms with Crippen LogP contribution in [0.2, 0.25) is 0 Å². The average molecular weight is 338 g/mol. The molecule has 0 atom stereocenters. The number of imidazole rings is 1. The molecule has 5 heteroatoms. The van der Waals surface area contributed by atoms with E-state index in [9.17, 15) is 4.79 Å². The van der Waals surface area contributed by atoms with Crippen LogP contribution in [-0.4, -0.2) is 20.8 Å². The molecule has 0 aliphatic heterocycles. The number of aromatic nitrogens is 2. The third-order valence-corrected chi connectivity index (χ3v) is 3.41. The van der Waals surface area contributed by atoms with E-state index in [4.69, 9.17) is 0 Å². The maximum atomic E-state index is 12.6. The zero-order valence-corrected chi connectivity index (χ0v) is 14.1. The van der Waals surface area contributed by atoms with Gasteiger partial charge in [-0.05, 0) is 61.7 Å². The molecule has 2 aromatic heterocycles. The first-order valence-corrected chi connectivity index (χ1v) is 7.52. The van der Waals surface area contributed by atoms with E-state index >= 15 is 0 Å². The molecule has 0 aliphatic carbocycles. The molecule has 0 bridgehead atoms. The van der Waals surface area contributed by atoms with Crippen LogP contribution < -0.4 is 5.32 Å². The van der Waals surface area contributed by atoms with Crippen LogP contribution >= 0.6 is 15.9 Å². The van der Waals surface area contributed by atoms with Gasteiger partial charge in [0.1, 0.15) is 11.3 Å². The molecule has 2 heterocycles. The quantitative estimate of drug-likeness (QED) is 0.911. The highest BCUT2D eigenvalue weighted by atomic mass is 79.9. The highest BCUT2D eigenvalue weighted by molar-refractivity contribution is 9.10. The van der Waals surface area contributed by atoms with Crippen molar-refractivity contribution in [3.63, 3.8) is 0 Å². The number of nitrogens with one attached hydrogen (secondary N) is 1. The van der Waals surface area contributed by atoms with E-state index in [1.54, 1.807) is 0 Å². The Morgan fingerprint density at radius 2 is 2.10 bits per heavy atom. The third-order valence-electron chi connectivity index (χ3n) is 2.98. The standard InChI is InChI=1S/C15H20BrN3O/c1-6-11-12(14(20)18-15(3,4)5)19-8-10(16)7-9(2)13(19)17-11/h7-8H,6H2,1-5H3,(H,18,20). The number of fused-ring (bicyclic) bond motifs is 1. The SMILES string of the molecule is CCc1nc2c(C)cc(Br)cn2c1C(=O)NC(C)(C)C. The number of rotatable bonds is 2. The second-order valence-corrected chi connectivity index (χ2v) is 6.92. The van der Waals surface area contributed by atoms with Crippen LogP contribution in [0.15, 0.2) is 16.7 Å². The molecular formula is C15H20BrN3O. The molecule has 0 saturated heterocycles. The minimum absolute atomic E-state index is 0.0839. The second kappa shape index (κ2) is 5.20. The maximum absolute atomic E-state index is 12.6. The second-order valence-electron chi connectivity index (χ2n) is 6.00. The first-order valence-electron chi connectivity index (χ1n) is 6.72. The summed E-state index contributed by atoms with van der Waals surface area (Å²) in [4.78, 5) is 17.2. The smallest absolute Gasteiger partial charge is 0.270 e. The van der Waals surface area contributed by atoms with Gasteiger partial charge in [-0.2, -0.15) is 0 Å². The summed E-state index contributed by atoms with van der Waals surface area (Å²) in [6, 6.07) is 2.01. The summed E-state index contributed by atoms with van der Waals surface area (Å²) in [5.74, 6) is -0.0839. The van der Waals surface area contributed by atoms with E-state index in [2.05, 4.69) is 26.2 Å². The first kappa shape index (κ1) is 15.0. The van der Waals surface area contributed by atoms with E-state index < -0.39 is 0 Å². The number of hydrogen-bond donors (Lipinski definition) is 1. The summed E-state index contributed by atoms with van der Waals surface area (Å²) >= 11 is 3.48. The summed E-state index contributed by atoms with van der Waals surface area (Å²) < 4.78 is 2.81. The molecule has 4 nitrogen and oxygen atoms in total. The topological polar surface area (TPSA) is 46.4 Å². The molecule has 0 aromatic carbocycles. The maximum Gasteiger partial charge on any atom is 0.270 e. The fourth-order valence-corrected chi connectivity index (χ4v) is 2.75. The summed E-state index contributed by atoms with van der Waals surface area (Å²) in [6.07, 6.45) is 2.62. The Balaban J connectivity index is 2.64.